The molecular weight excluding hydrogens is 176 g/mol. The molecule has 0 spiro atoms. The van der Waals surface area contributed by atoms with Crippen LogP contribution in [0.25, 0.3) is 0 Å². The van der Waals surface area contributed by atoms with Crippen LogP contribution in [0.15, 0.2) is 22.8 Å². The molecule has 1 unspecified atom stereocenters. The van der Waals surface area contributed by atoms with Gasteiger partial charge in [-0.05, 0) is 32.0 Å². The van der Waals surface area contributed by atoms with Crippen LogP contribution in [0, 0.1) is 0 Å². The molecule has 14 heavy (non-hydrogen) atoms. The highest BCUT2D eigenvalue weighted by atomic mass is 16.3. The van der Waals surface area contributed by atoms with Gasteiger partial charge in [-0.3, -0.25) is 4.90 Å². The Morgan fingerprint density at radius 1 is 1.64 bits per heavy atom. The van der Waals surface area contributed by atoms with Gasteiger partial charge in [-0.25, -0.2) is 0 Å². The van der Waals surface area contributed by atoms with Gasteiger partial charge in [-0.1, -0.05) is 0 Å². The van der Waals surface area contributed by atoms with E-state index >= 15 is 0 Å². The minimum absolute atomic E-state index is 0.600. The van der Waals surface area contributed by atoms with Crippen LogP contribution >= 0.6 is 0 Å². The molecular formula is C11H18N2O. The Bertz CT molecular complexity index is 258. The first-order chi connectivity index (χ1) is 6.86. The van der Waals surface area contributed by atoms with Gasteiger partial charge in [0.1, 0.15) is 5.76 Å². The van der Waals surface area contributed by atoms with Gasteiger partial charge in [0, 0.05) is 19.1 Å². The SMILES string of the molecule is CC1CNCCCN1Cc1ccco1. The first-order valence-electron chi connectivity index (χ1n) is 5.33. The summed E-state index contributed by atoms with van der Waals surface area (Å²) in [6.07, 6.45) is 2.97. The fourth-order valence-electron chi connectivity index (χ4n) is 1.91. The summed E-state index contributed by atoms with van der Waals surface area (Å²) < 4.78 is 5.36. The van der Waals surface area contributed by atoms with Crippen LogP contribution in [0.1, 0.15) is 19.1 Å². The molecule has 3 nitrogen and oxygen atoms in total. The van der Waals surface area contributed by atoms with E-state index in [1.807, 2.05) is 12.1 Å². The van der Waals surface area contributed by atoms with Crippen molar-refractivity contribution in [2.45, 2.75) is 25.9 Å². The fraction of sp³-hybridized carbons (Fsp3) is 0.636. The van der Waals surface area contributed by atoms with Crippen molar-refractivity contribution in [1.29, 1.82) is 0 Å². The third-order valence-electron chi connectivity index (χ3n) is 2.80. The maximum absolute atomic E-state index is 5.36. The summed E-state index contributed by atoms with van der Waals surface area (Å²) in [7, 11) is 0. The summed E-state index contributed by atoms with van der Waals surface area (Å²) in [4.78, 5) is 2.47. The van der Waals surface area contributed by atoms with Crippen molar-refractivity contribution in [1.82, 2.24) is 10.2 Å². The molecule has 0 amide bonds. The van der Waals surface area contributed by atoms with Gasteiger partial charge in [-0.15, -0.1) is 0 Å². The quantitative estimate of drug-likeness (QED) is 0.772. The number of rotatable bonds is 2. The van der Waals surface area contributed by atoms with E-state index in [0.29, 0.717) is 6.04 Å². The van der Waals surface area contributed by atoms with Gasteiger partial charge in [0.05, 0.1) is 12.8 Å². The number of hydrogen-bond acceptors (Lipinski definition) is 3. The molecule has 0 aliphatic carbocycles. The monoisotopic (exact) mass is 194 g/mol. The van der Waals surface area contributed by atoms with Crippen molar-refractivity contribution < 1.29 is 4.42 Å². The molecule has 1 aliphatic rings. The third-order valence-corrected chi connectivity index (χ3v) is 2.80. The van der Waals surface area contributed by atoms with E-state index in [-0.39, 0.29) is 0 Å². The van der Waals surface area contributed by atoms with E-state index < -0.39 is 0 Å². The van der Waals surface area contributed by atoms with Crippen LogP contribution in [-0.4, -0.2) is 30.6 Å². The lowest BCUT2D eigenvalue weighted by Crippen LogP contribution is -2.36. The van der Waals surface area contributed by atoms with E-state index in [1.54, 1.807) is 6.26 Å². The summed E-state index contributed by atoms with van der Waals surface area (Å²) in [6.45, 7) is 6.59. The van der Waals surface area contributed by atoms with Crippen molar-refractivity contribution in [3.05, 3.63) is 24.2 Å². The van der Waals surface area contributed by atoms with Crippen LogP contribution in [0.4, 0.5) is 0 Å². The summed E-state index contributed by atoms with van der Waals surface area (Å²) in [5.74, 6) is 1.07. The maximum atomic E-state index is 5.36. The summed E-state index contributed by atoms with van der Waals surface area (Å²) >= 11 is 0. The predicted octanol–water partition coefficient (Wildman–Crippen LogP) is 1.46. The average molecular weight is 194 g/mol. The minimum Gasteiger partial charge on any atom is -0.468 e. The molecule has 1 aromatic heterocycles. The number of hydrogen-bond donors (Lipinski definition) is 1. The molecule has 1 aromatic rings. The highest BCUT2D eigenvalue weighted by Crippen LogP contribution is 2.10. The van der Waals surface area contributed by atoms with E-state index in [0.717, 1.165) is 31.9 Å². The van der Waals surface area contributed by atoms with Crippen molar-refractivity contribution in [2.24, 2.45) is 0 Å². The highest BCUT2D eigenvalue weighted by Gasteiger charge is 2.17. The molecule has 2 rings (SSSR count). The summed E-state index contributed by atoms with van der Waals surface area (Å²) in [5, 5.41) is 3.43. The van der Waals surface area contributed by atoms with Crippen LogP contribution in [-0.2, 0) is 6.54 Å². The van der Waals surface area contributed by atoms with Gasteiger partial charge >= 0.3 is 0 Å². The second-order valence-corrected chi connectivity index (χ2v) is 3.96. The molecule has 2 heterocycles. The van der Waals surface area contributed by atoms with E-state index in [9.17, 15) is 0 Å². The molecule has 1 N–H and O–H groups in total. The number of nitrogens with one attached hydrogen (secondary N) is 1. The van der Waals surface area contributed by atoms with Gasteiger partial charge in [0.2, 0.25) is 0 Å². The third kappa shape index (κ3) is 2.36. The largest absolute Gasteiger partial charge is 0.468 e. The van der Waals surface area contributed by atoms with Gasteiger partial charge in [-0.2, -0.15) is 0 Å². The molecule has 1 saturated heterocycles. The Balaban J connectivity index is 1.94. The van der Waals surface area contributed by atoms with Crippen molar-refractivity contribution >= 4 is 0 Å². The van der Waals surface area contributed by atoms with E-state index in [1.165, 1.54) is 6.42 Å². The second kappa shape index (κ2) is 4.62. The normalized spacial score (nSPS) is 24.8. The average Bonchev–Trinajstić information content (AvgIpc) is 2.60. The van der Waals surface area contributed by atoms with Gasteiger partial charge in [0.25, 0.3) is 0 Å². The lowest BCUT2D eigenvalue weighted by molar-refractivity contribution is 0.197. The fourth-order valence-corrected chi connectivity index (χ4v) is 1.91. The van der Waals surface area contributed by atoms with Crippen LogP contribution in [0.3, 0.4) is 0 Å². The van der Waals surface area contributed by atoms with Gasteiger partial charge < -0.3 is 9.73 Å². The number of furan rings is 1. The van der Waals surface area contributed by atoms with E-state index in [2.05, 4.69) is 17.1 Å². The molecule has 0 radical (unpaired) electrons. The molecule has 0 bridgehead atoms. The lowest BCUT2D eigenvalue weighted by Gasteiger charge is -2.25. The molecule has 1 fully saturated rings. The zero-order valence-electron chi connectivity index (χ0n) is 8.70. The Morgan fingerprint density at radius 3 is 3.36 bits per heavy atom. The molecule has 0 saturated carbocycles. The second-order valence-electron chi connectivity index (χ2n) is 3.96. The van der Waals surface area contributed by atoms with Crippen LogP contribution in [0.2, 0.25) is 0 Å². The Morgan fingerprint density at radius 2 is 2.57 bits per heavy atom. The smallest absolute Gasteiger partial charge is 0.117 e. The van der Waals surface area contributed by atoms with Crippen molar-refractivity contribution in [3.63, 3.8) is 0 Å². The Kier molecular flexibility index (Phi) is 3.22. The first-order valence-corrected chi connectivity index (χ1v) is 5.33. The number of nitrogens with zero attached hydrogens (tertiary/aromatic N) is 1. The summed E-state index contributed by atoms with van der Waals surface area (Å²) in [5.41, 5.74) is 0. The van der Waals surface area contributed by atoms with Crippen molar-refractivity contribution in [3.8, 4) is 0 Å². The van der Waals surface area contributed by atoms with Gasteiger partial charge in [0.15, 0.2) is 0 Å². The van der Waals surface area contributed by atoms with E-state index in [4.69, 9.17) is 4.42 Å². The van der Waals surface area contributed by atoms with Crippen molar-refractivity contribution in [2.75, 3.05) is 19.6 Å². The molecule has 78 valence electrons. The maximum Gasteiger partial charge on any atom is 0.117 e. The van der Waals surface area contributed by atoms with Crippen LogP contribution < -0.4 is 5.32 Å². The summed E-state index contributed by atoms with van der Waals surface area (Å²) in [6, 6.07) is 4.60. The minimum atomic E-state index is 0.600. The molecule has 1 aliphatic heterocycles. The Labute approximate surface area is 85.1 Å². The molecule has 1 atom stereocenters. The zero-order chi connectivity index (χ0) is 9.80. The highest BCUT2D eigenvalue weighted by molar-refractivity contribution is 4.98. The first kappa shape index (κ1) is 9.74. The standard InChI is InChI=1S/C11H18N2O/c1-10-8-12-5-3-6-13(10)9-11-4-2-7-14-11/h2,4,7,10,12H,3,5-6,8-9H2,1H3. The topological polar surface area (TPSA) is 28.4 Å². The predicted molar refractivity (Wildman–Crippen MR) is 56.1 cm³/mol. The zero-order valence-corrected chi connectivity index (χ0v) is 8.70. The Hall–Kier alpha value is -0.800. The lowest BCUT2D eigenvalue weighted by atomic mass is 10.2. The van der Waals surface area contributed by atoms with Crippen LogP contribution in [0.5, 0.6) is 0 Å². The molecule has 0 aromatic carbocycles. The molecule has 3 heteroatoms.